The highest BCUT2D eigenvalue weighted by Crippen LogP contribution is 2.28. The predicted octanol–water partition coefficient (Wildman–Crippen LogP) is 3.57. The molecule has 0 N–H and O–H groups in total. The van der Waals surface area contributed by atoms with Crippen molar-refractivity contribution in [2.24, 2.45) is 7.05 Å². The number of rotatable bonds is 2. The molecular weight excluding hydrogens is 380 g/mol. The van der Waals surface area contributed by atoms with Crippen molar-refractivity contribution in [1.82, 2.24) is 14.3 Å². The molecule has 0 saturated heterocycles. The van der Waals surface area contributed by atoms with Crippen LogP contribution in [0.1, 0.15) is 11.1 Å². The summed E-state index contributed by atoms with van der Waals surface area (Å²) in [5.74, 6) is 0. The van der Waals surface area contributed by atoms with Gasteiger partial charge in [-0.25, -0.2) is 4.68 Å². The van der Waals surface area contributed by atoms with Crippen LogP contribution in [-0.4, -0.2) is 14.3 Å². The van der Waals surface area contributed by atoms with Crippen LogP contribution in [0.3, 0.4) is 0 Å². The van der Waals surface area contributed by atoms with Gasteiger partial charge in [0.1, 0.15) is 5.52 Å². The van der Waals surface area contributed by atoms with E-state index in [-0.39, 0.29) is 5.56 Å². The molecule has 0 atom stereocenters. The van der Waals surface area contributed by atoms with E-state index in [1.165, 1.54) is 4.68 Å². The molecule has 5 nitrogen and oxygen atoms in total. The van der Waals surface area contributed by atoms with Crippen LogP contribution in [0, 0.1) is 11.3 Å². The second kappa shape index (κ2) is 5.87. The number of benzene rings is 2. The number of nitriles is 1. The van der Waals surface area contributed by atoms with Crippen molar-refractivity contribution in [2.75, 3.05) is 0 Å². The van der Waals surface area contributed by atoms with Crippen molar-refractivity contribution >= 4 is 37.7 Å². The molecule has 4 aromatic rings. The molecule has 0 unspecified atom stereocenters. The second-order valence-electron chi connectivity index (χ2n) is 5.90. The van der Waals surface area contributed by atoms with Crippen molar-refractivity contribution in [2.45, 2.75) is 6.54 Å². The number of nitrogens with zero attached hydrogens (tertiary/aromatic N) is 4. The maximum Gasteiger partial charge on any atom is 0.291 e. The van der Waals surface area contributed by atoms with Crippen LogP contribution < -0.4 is 5.56 Å². The molecule has 0 fully saturated rings. The Morgan fingerprint density at radius 2 is 2.04 bits per heavy atom. The third-order valence-electron chi connectivity index (χ3n) is 4.35. The largest absolute Gasteiger partial charge is 0.339 e. The van der Waals surface area contributed by atoms with Crippen molar-refractivity contribution in [3.05, 3.63) is 74.6 Å². The predicted molar refractivity (Wildman–Crippen MR) is 100 cm³/mol. The highest BCUT2D eigenvalue weighted by molar-refractivity contribution is 9.10. The molecule has 0 aliphatic heterocycles. The molecule has 4 rings (SSSR count). The van der Waals surface area contributed by atoms with Gasteiger partial charge in [-0.05, 0) is 35.9 Å². The van der Waals surface area contributed by atoms with Crippen LogP contribution in [0.5, 0.6) is 0 Å². The Morgan fingerprint density at radius 3 is 2.84 bits per heavy atom. The zero-order chi connectivity index (χ0) is 17.6. The Kier molecular flexibility index (Phi) is 3.66. The maximum atomic E-state index is 13.0. The number of hydrogen-bond donors (Lipinski definition) is 0. The lowest BCUT2D eigenvalue weighted by Crippen LogP contribution is -2.24. The number of aromatic nitrogens is 3. The minimum Gasteiger partial charge on any atom is -0.339 e. The molecule has 0 saturated carbocycles. The average Bonchev–Trinajstić information content (AvgIpc) is 2.90. The van der Waals surface area contributed by atoms with Gasteiger partial charge in [-0.2, -0.15) is 10.4 Å². The average molecular weight is 393 g/mol. The molecule has 0 amide bonds. The van der Waals surface area contributed by atoms with Gasteiger partial charge in [-0.1, -0.05) is 28.1 Å². The molecule has 2 aromatic heterocycles. The number of halogens is 1. The Morgan fingerprint density at radius 1 is 1.20 bits per heavy atom. The van der Waals surface area contributed by atoms with E-state index in [4.69, 9.17) is 5.26 Å². The van der Waals surface area contributed by atoms with Crippen molar-refractivity contribution in [3.63, 3.8) is 0 Å². The first-order valence-corrected chi connectivity index (χ1v) is 8.50. The second-order valence-corrected chi connectivity index (χ2v) is 6.82. The molecule has 0 radical (unpaired) electrons. The van der Waals surface area contributed by atoms with E-state index in [0.29, 0.717) is 17.6 Å². The summed E-state index contributed by atoms with van der Waals surface area (Å²) in [6, 6.07) is 15.3. The summed E-state index contributed by atoms with van der Waals surface area (Å²) >= 11 is 3.48. The molecular formula is C19H13BrN4O. The fourth-order valence-corrected chi connectivity index (χ4v) is 3.52. The van der Waals surface area contributed by atoms with E-state index in [1.807, 2.05) is 41.9 Å². The summed E-state index contributed by atoms with van der Waals surface area (Å²) in [6.45, 7) is 0.329. The van der Waals surface area contributed by atoms with Gasteiger partial charge in [-0.15, -0.1) is 0 Å². The molecule has 2 aromatic carbocycles. The third kappa shape index (κ3) is 2.53. The summed E-state index contributed by atoms with van der Waals surface area (Å²) in [5.41, 5.74) is 2.91. The molecule has 122 valence electrons. The molecule has 25 heavy (non-hydrogen) atoms. The fourth-order valence-electron chi connectivity index (χ4n) is 3.16. The van der Waals surface area contributed by atoms with Crippen LogP contribution >= 0.6 is 15.9 Å². The zero-order valence-electron chi connectivity index (χ0n) is 13.4. The quantitative estimate of drug-likeness (QED) is 0.523. The zero-order valence-corrected chi connectivity index (χ0v) is 15.0. The SMILES string of the molecule is Cn1c2ccc(Br)cc2c2cnn(Cc3cccc(C#N)c3)c(=O)c21. The van der Waals surface area contributed by atoms with Gasteiger partial charge in [0.05, 0.1) is 24.4 Å². The van der Waals surface area contributed by atoms with Gasteiger partial charge in [0.15, 0.2) is 0 Å². The summed E-state index contributed by atoms with van der Waals surface area (Å²) in [5, 5.41) is 15.2. The first-order valence-electron chi connectivity index (χ1n) is 7.71. The van der Waals surface area contributed by atoms with E-state index >= 15 is 0 Å². The molecule has 0 aliphatic carbocycles. The number of fused-ring (bicyclic) bond motifs is 3. The first-order chi connectivity index (χ1) is 12.1. The van der Waals surface area contributed by atoms with Crippen molar-refractivity contribution < 1.29 is 0 Å². The summed E-state index contributed by atoms with van der Waals surface area (Å²) in [7, 11) is 1.89. The van der Waals surface area contributed by atoms with Crippen LogP contribution in [0.4, 0.5) is 0 Å². The van der Waals surface area contributed by atoms with Gasteiger partial charge >= 0.3 is 0 Å². The Bertz CT molecular complexity index is 1230. The normalized spacial score (nSPS) is 11.1. The molecule has 0 aliphatic rings. The van der Waals surface area contributed by atoms with Crippen LogP contribution in [0.2, 0.25) is 0 Å². The van der Waals surface area contributed by atoms with Gasteiger partial charge in [0, 0.05) is 27.8 Å². The van der Waals surface area contributed by atoms with Gasteiger partial charge in [-0.3, -0.25) is 4.79 Å². The van der Waals surface area contributed by atoms with Crippen LogP contribution in [0.15, 0.2) is 57.9 Å². The maximum absolute atomic E-state index is 13.0. The smallest absolute Gasteiger partial charge is 0.291 e. The highest BCUT2D eigenvalue weighted by Gasteiger charge is 2.14. The summed E-state index contributed by atoms with van der Waals surface area (Å²) < 4.78 is 4.31. The highest BCUT2D eigenvalue weighted by atomic mass is 79.9. The van der Waals surface area contributed by atoms with Crippen molar-refractivity contribution in [3.8, 4) is 6.07 Å². The Hall–Kier alpha value is -2.91. The molecule has 2 heterocycles. The Balaban J connectivity index is 1.91. The number of aryl methyl sites for hydroxylation is 1. The minimum absolute atomic E-state index is 0.144. The monoisotopic (exact) mass is 392 g/mol. The van der Waals surface area contributed by atoms with E-state index in [0.717, 1.165) is 26.3 Å². The fraction of sp³-hybridized carbons (Fsp3) is 0.105. The summed E-state index contributed by atoms with van der Waals surface area (Å²) in [6.07, 6.45) is 1.74. The number of hydrogen-bond acceptors (Lipinski definition) is 3. The molecule has 0 bridgehead atoms. The van der Waals surface area contributed by atoms with E-state index in [1.54, 1.807) is 18.3 Å². The van der Waals surface area contributed by atoms with Crippen LogP contribution in [0.25, 0.3) is 21.8 Å². The molecule has 0 spiro atoms. The van der Waals surface area contributed by atoms with Crippen molar-refractivity contribution in [1.29, 1.82) is 5.26 Å². The third-order valence-corrected chi connectivity index (χ3v) is 4.85. The lowest BCUT2D eigenvalue weighted by atomic mass is 10.1. The minimum atomic E-state index is -0.144. The lowest BCUT2D eigenvalue weighted by molar-refractivity contribution is 0.644. The van der Waals surface area contributed by atoms with Gasteiger partial charge in [0.25, 0.3) is 5.56 Å². The molecule has 6 heteroatoms. The Labute approximate surface area is 151 Å². The standard InChI is InChI=1S/C19H13BrN4O/c1-23-17-6-5-14(20)8-15(17)16-10-22-24(19(25)18(16)23)11-13-4-2-3-12(7-13)9-21/h2-8,10H,11H2,1H3. The van der Waals surface area contributed by atoms with Gasteiger partial charge in [0.2, 0.25) is 0 Å². The first kappa shape index (κ1) is 15.6. The van der Waals surface area contributed by atoms with Gasteiger partial charge < -0.3 is 4.57 Å². The van der Waals surface area contributed by atoms with Crippen LogP contribution in [-0.2, 0) is 13.6 Å². The van der Waals surface area contributed by atoms with E-state index in [2.05, 4.69) is 27.1 Å². The summed E-state index contributed by atoms with van der Waals surface area (Å²) in [4.78, 5) is 13.0. The van der Waals surface area contributed by atoms with E-state index < -0.39 is 0 Å². The van der Waals surface area contributed by atoms with E-state index in [9.17, 15) is 4.79 Å². The lowest BCUT2D eigenvalue weighted by Gasteiger charge is -2.06. The topological polar surface area (TPSA) is 63.6 Å².